The molecule has 0 saturated heterocycles. The van der Waals surface area contributed by atoms with Crippen molar-refractivity contribution >= 4 is 0 Å². The highest BCUT2D eigenvalue weighted by Crippen LogP contribution is 2.83. The minimum atomic E-state index is 0.828. The Morgan fingerprint density at radius 1 is 1.18 bits per heavy atom. The molecule has 0 amide bonds. The standard InChI is InChI=1S/C17H30/c1-7-13-10(4)15(13)11(5)14-8-17(14)12(6)16(17)9(2)3/h9-16H,7-8H2,1-6H3. The van der Waals surface area contributed by atoms with E-state index in [2.05, 4.69) is 41.5 Å². The van der Waals surface area contributed by atoms with E-state index in [0.29, 0.717) is 0 Å². The van der Waals surface area contributed by atoms with E-state index in [-0.39, 0.29) is 0 Å². The van der Waals surface area contributed by atoms with Gasteiger partial charge >= 0.3 is 0 Å². The molecule has 3 rings (SSSR count). The molecule has 17 heavy (non-hydrogen) atoms. The summed E-state index contributed by atoms with van der Waals surface area (Å²) in [6.07, 6.45) is 2.98. The van der Waals surface area contributed by atoms with Gasteiger partial charge in [-0.3, -0.25) is 0 Å². The molecule has 0 aromatic carbocycles. The van der Waals surface area contributed by atoms with Crippen molar-refractivity contribution in [2.75, 3.05) is 0 Å². The monoisotopic (exact) mass is 234 g/mol. The van der Waals surface area contributed by atoms with Crippen molar-refractivity contribution in [2.45, 2.75) is 54.4 Å². The minimum Gasteiger partial charge on any atom is -0.0651 e. The summed E-state index contributed by atoms with van der Waals surface area (Å²) in [5.74, 6) is 8.28. The molecular formula is C17H30. The van der Waals surface area contributed by atoms with Crippen LogP contribution in [0.5, 0.6) is 0 Å². The minimum absolute atomic E-state index is 0.828. The van der Waals surface area contributed by atoms with Gasteiger partial charge in [-0.15, -0.1) is 0 Å². The van der Waals surface area contributed by atoms with Gasteiger partial charge < -0.3 is 0 Å². The van der Waals surface area contributed by atoms with E-state index in [1.54, 1.807) is 6.42 Å². The molecule has 0 bridgehead atoms. The van der Waals surface area contributed by atoms with E-state index in [4.69, 9.17) is 0 Å². The Balaban J connectivity index is 1.63. The third kappa shape index (κ3) is 1.42. The molecule has 0 N–H and O–H groups in total. The SMILES string of the molecule is CCC1C(C)C1C(C)C1CC12C(C)C2C(C)C. The van der Waals surface area contributed by atoms with Crippen molar-refractivity contribution < 1.29 is 0 Å². The van der Waals surface area contributed by atoms with Gasteiger partial charge in [-0.25, -0.2) is 0 Å². The molecule has 8 unspecified atom stereocenters. The second kappa shape index (κ2) is 3.52. The molecule has 1 spiro atoms. The van der Waals surface area contributed by atoms with Crippen LogP contribution in [0, 0.1) is 52.8 Å². The molecule has 0 radical (unpaired) electrons. The van der Waals surface area contributed by atoms with Gasteiger partial charge in [0.25, 0.3) is 0 Å². The summed E-state index contributed by atoms with van der Waals surface area (Å²) in [6, 6.07) is 0. The van der Waals surface area contributed by atoms with Gasteiger partial charge in [0.05, 0.1) is 0 Å². The van der Waals surface area contributed by atoms with Crippen LogP contribution in [0.3, 0.4) is 0 Å². The Bertz CT molecular complexity index is 318. The topological polar surface area (TPSA) is 0 Å². The number of rotatable bonds is 4. The molecule has 3 saturated carbocycles. The molecule has 3 aliphatic carbocycles. The Labute approximate surface area is 108 Å². The van der Waals surface area contributed by atoms with Gasteiger partial charge in [0.1, 0.15) is 0 Å². The van der Waals surface area contributed by atoms with Crippen LogP contribution in [-0.2, 0) is 0 Å². The van der Waals surface area contributed by atoms with Crippen LogP contribution >= 0.6 is 0 Å². The summed E-state index contributed by atoms with van der Waals surface area (Å²) in [5.41, 5.74) is 0.828. The predicted molar refractivity (Wildman–Crippen MR) is 73.6 cm³/mol. The molecule has 0 heterocycles. The Hall–Kier alpha value is 0. The first kappa shape index (κ1) is 12.1. The highest BCUT2D eigenvalue weighted by atomic mass is 14.8. The van der Waals surface area contributed by atoms with Crippen molar-refractivity contribution in [3.8, 4) is 0 Å². The maximum absolute atomic E-state index is 2.57. The van der Waals surface area contributed by atoms with Gasteiger partial charge in [-0.05, 0) is 59.2 Å². The molecular weight excluding hydrogens is 204 g/mol. The van der Waals surface area contributed by atoms with Gasteiger partial charge in [0.15, 0.2) is 0 Å². The lowest BCUT2D eigenvalue weighted by molar-refractivity contribution is 0.363. The molecule has 3 aliphatic rings. The molecule has 0 aliphatic heterocycles. The zero-order valence-corrected chi connectivity index (χ0v) is 12.5. The average Bonchev–Trinajstić information content (AvgIpc) is 3.15. The lowest BCUT2D eigenvalue weighted by Gasteiger charge is -2.11. The second-order valence-electron chi connectivity index (χ2n) is 7.85. The number of hydrogen-bond acceptors (Lipinski definition) is 0. The first-order chi connectivity index (χ1) is 7.96. The first-order valence-electron chi connectivity index (χ1n) is 7.96. The summed E-state index contributed by atoms with van der Waals surface area (Å²) in [4.78, 5) is 0. The quantitative estimate of drug-likeness (QED) is 0.653. The molecule has 0 aromatic heterocycles. The van der Waals surface area contributed by atoms with Gasteiger partial charge in [0, 0.05) is 0 Å². The first-order valence-corrected chi connectivity index (χ1v) is 7.96. The zero-order chi connectivity index (χ0) is 12.5. The molecule has 0 heteroatoms. The fourth-order valence-electron chi connectivity index (χ4n) is 6.16. The maximum Gasteiger partial charge on any atom is -0.0201 e. The largest absolute Gasteiger partial charge is 0.0651 e. The van der Waals surface area contributed by atoms with Crippen LogP contribution in [-0.4, -0.2) is 0 Å². The summed E-state index contributed by atoms with van der Waals surface area (Å²) < 4.78 is 0. The zero-order valence-electron chi connectivity index (χ0n) is 12.5. The maximum atomic E-state index is 2.57. The van der Waals surface area contributed by atoms with E-state index in [1.807, 2.05) is 0 Å². The molecule has 8 atom stereocenters. The highest BCUT2D eigenvalue weighted by Gasteiger charge is 2.77. The van der Waals surface area contributed by atoms with Gasteiger partial charge in [-0.2, -0.15) is 0 Å². The van der Waals surface area contributed by atoms with Crippen molar-refractivity contribution in [2.24, 2.45) is 52.8 Å². The molecule has 98 valence electrons. The van der Waals surface area contributed by atoms with E-state index >= 15 is 0 Å². The molecule has 0 aromatic rings. The third-order valence-electron chi connectivity index (χ3n) is 7.07. The predicted octanol–water partition coefficient (Wildman–Crippen LogP) is 4.84. The smallest absolute Gasteiger partial charge is 0.0201 e. The van der Waals surface area contributed by atoms with Crippen LogP contribution in [0.25, 0.3) is 0 Å². The Morgan fingerprint density at radius 3 is 2.24 bits per heavy atom. The van der Waals surface area contributed by atoms with E-state index < -0.39 is 0 Å². The van der Waals surface area contributed by atoms with E-state index in [0.717, 1.165) is 52.8 Å². The van der Waals surface area contributed by atoms with Gasteiger partial charge in [0.2, 0.25) is 0 Å². The summed E-state index contributed by atoms with van der Waals surface area (Å²) in [5, 5.41) is 0. The average molecular weight is 234 g/mol. The fourth-order valence-corrected chi connectivity index (χ4v) is 6.16. The molecule has 0 nitrogen and oxygen atoms in total. The van der Waals surface area contributed by atoms with Crippen LogP contribution in [0.15, 0.2) is 0 Å². The fraction of sp³-hybridized carbons (Fsp3) is 1.00. The third-order valence-corrected chi connectivity index (χ3v) is 7.07. The lowest BCUT2D eigenvalue weighted by atomic mass is 9.93. The second-order valence-corrected chi connectivity index (χ2v) is 7.85. The Kier molecular flexibility index (Phi) is 2.49. The van der Waals surface area contributed by atoms with E-state index in [1.165, 1.54) is 6.42 Å². The summed E-state index contributed by atoms with van der Waals surface area (Å²) >= 11 is 0. The van der Waals surface area contributed by atoms with Crippen LogP contribution in [0.4, 0.5) is 0 Å². The Morgan fingerprint density at radius 2 is 1.82 bits per heavy atom. The van der Waals surface area contributed by atoms with Crippen LogP contribution in [0.2, 0.25) is 0 Å². The van der Waals surface area contributed by atoms with Gasteiger partial charge in [-0.1, -0.05) is 48.0 Å². The van der Waals surface area contributed by atoms with E-state index in [9.17, 15) is 0 Å². The van der Waals surface area contributed by atoms with Crippen molar-refractivity contribution in [3.63, 3.8) is 0 Å². The molecule has 3 fully saturated rings. The van der Waals surface area contributed by atoms with Crippen LogP contribution in [0.1, 0.15) is 54.4 Å². The van der Waals surface area contributed by atoms with Crippen molar-refractivity contribution in [1.82, 2.24) is 0 Å². The number of hydrogen-bond donors (Lipinski definition) is 0. The normalized spacial score (nSPS) is 57.4. The highest BCUT2D eigenvalue weighted by molar-refractivity contribution is 5.25. The van der Waals surface area contributed by atoms with Crippen molar-refractivity contribution in [1.29, 1.82) is 0 Å². The van der Waals surface area contributed by atoms with Crippen LogP contribution < -0.4 is 0 Å². The summed E-state index contributed by atoms with van der Waals surface area (Å²) in [7, 11) is 0. The summed E-state index contributed by atoms with van der Waals surface area (Å²) in [6.45, 7) is 14.8. The lowest BCUT2D eigenvalue weighted by Crippen LogP contribution is -2.06. The van der Waals surface area contributed by atoms with Crippen molar-refractivity contribution in [3.05, 3.63) is 0 Å².